The van der Waals surface area contributed by atoms with E-state index in [1.807, 2.05) is 24.3 Å². The molecule has 1 amide bonds. The van der Waals surface area contributed by atoms with Crippen LogP contribution in [0.5, 0.6) is 0 Å². The maximum absolute atomic E-state index is 12.8. The highest BCUT2D eigenvalue weighted by atomic mass is 35.5. The molecule has 0 unspecified atom stereocenters. The highest BCUT2D eigenvalue weighted by Crippen LogP contribution is 2.44. The van der Waals surface area contributed by atoms with E-state index >= 15 is 0 Å². The van der Waals surface area contributed by atoms with Crippen molar-refractivity contribution in [1.82, 2.24) is 4.90 Å². The topological polar surface area (TPSA) is 81.9 Å². The number of amides is 1. The minimum atomic E-state index is -0.720. The van der Waals surface area contributed by atoms with Gasteiger partial charge in [0.1, 0.15) is 19.3 Å². The fraction of sp³-hybridized carbons (Fsp3) is 0.360. The Hall–Kier alpha value is -2.83. The van der Waals surface area contributed by atoms with Crippen molar-refractivity contribution in [3.05, 3.63) is 72.3 Å². The van der Waals surface area contributed by atoms with E-state index in [-0.39, 0.29) is 31.5 Å². The number of nitrogens with zero attached hydrogens (tertiary/aromatic N) is 1. The smallest absolute Gasteiger partial charge is 0.410 e. The molecule has 0 spiro atoms. The molecule has 1 aliphatic carbocycles. The summed E-state index contributed by atoms with van der Waals surface area (Å²) in [7, 11) is 1.57. The third-order valence-electron chi connectivity index (χ3n) is 5.64. The molecule has 3 rings (SSSR count). The molecule has 0 radical (unpaired) electrons. The van der Waals surface area contributed by atoms with Crippen LogP contribution >= 0.6 is 12.4 Å². The highest BCUT2D eigenvalue weighted by molar-refractivity contribution is 5.85. The summed E-state index contributed by atoms with van der Waals surface area (Å²) in [6, 6.07) is 15.6. The van der Waals surface area contributed by atoms with Crippen LogP contribution in [0.15, 0.2) is 61.2 Å². The van der Waals surface area contributed by atoms with Gasteiger partial charge in [0.05, 0.1) is 0 Å². The van der Waals surface area contributed by atoms with Gasteiger partial charge in [0, 0.05) is 13.0 Å². The fourth-order valence-electron chi connectivity index (χ4n) is 4.01. The van der Waals surface area contributed by atoms with Gasteiger partial charge in [-0.05, 0) is 48.1 Å². The van der Waals surface area contributed by atoms with Gasteiger partial charge >= 0.3 is 12.1 Å². The van der Waals surface area contributed by atoms with E-state index in [0.717, 1.165) is 17.5 Å². The SMILES string of the molecule is C=CCOC(=O)[C@H](CCCCN)N(C)C(=O)OCC1c2ccccc2-c2ccccc21.Cl. The Balaban J connectivity index is 0.00000363. The van der Waals surface area contributed by atoms with Crippen LogP contribution < -0.4 is 5.73 Å². The maximum atomic E-state index is 12.8. The first-order valence-electron chi connectivity index (χ1n) is 10.6. The largest absolute Gasteiger partial charge is 0.460 e. The lowest BCUT2D eigenvalue weighted by atomic mass is 9.98. The molecule has 0 aliphatic heterocycles. The molecule has 2 N–H and O–H groups in total. The molecule has 0 aromatic heterocycles. The summed E-state index contributed by atoms with van der Waals surface area (Å²) in [5.74, 6) is -0.499. The van der Waals surface area contributed by atoms with E-state index < -0.39 is 18.1 Å². The second-order valence-corrected chi connectivity index (χ2v) is 7.63. The van der Waals surface area contributed by atoms with Crippen molar-refractivity contribution in [3.63, 3.8) is 0 Å². The van der Waals surface area contributed by atoms with Crippen molar-refractivity contribution in [1.29, 1.82) is 0 Å². The van der Waals surface area contributed by atoms with Crippen LogP contribution in [0.2, 0.25) is 0 Å². The first-order valence-corrected chi connectivity index (χ1v) is 10.6. The number of hydrogen-bond acceptors (Lipinski definition) is 5. The van der Waals surface area contributed by atoms with Crippen LogP contribution in [-0.4, -0.2) is 49.8 Å². The van der Waals surface area contributed by atoms with Crippen LogP contribution in [0.25, 0.3) is 11.1 Å². The third-order valence-corrected chi connectivity index (χ3v) is 5.64. The minimum absolute atomic E-state index is 0. The summed E-state index contributed by atoms with van der Waals surface area (Å²) in [4.78, 5) is 26.6. The van der Waals surface area contributed by atoms with Gasteiger partial charge in [-0.2, -0.15) is 0 Å². The standard InChI is InChI=1S/C25H30N2O4.ClH/c1-3-16-30-24(28)23(14-8-9-15-26)27(2)25(29)31-17-22-20-12-6-4-10-18(20)19-11-5-7-13-21(19)22;/h3-7,10-13,22-23H,1,8-9,14-17,26H2,2H3;1H/t23-;/m0./s1. The Morgan fingerprint density at radius 1 is 1.06 bits per heavy atom. The van der Waals surface area contributed by atoms with Crippen molar-refractivity contribution < 1.29 is 19.1 Å². The zero-order valence-corrected chi connectivity index (χ0v) is 19.2. The number of halogens is 1. The minimum Gasteiger partial charge on any atom is -0.460 e. The first kappa shape index (κ1) is 25.4. The van der Waals surface area contributed by atoms with Crippen LogP contribution in [-0.2, 0) is 14.3 Å². The summed E-state index contributed by atoms with van der Waals surface area (Å²) < 4.78 is 10.9. The molecule has 0 saturated heterocycles. The Kier molecular flexibility index (Phi) is 9.75. The summed E-state index contributed by atoms with van der Waals surface area (Å²) in [5, 5.41) is 0. The van der Waals surface area contributed by atoms with Crippen LogP contribution in [0.1, 0.15) is 36.3 Å². The van der Waals surface area contributed by atoms with E-state index in [9.17, 15) is 9.59 Å². The molecule has 0 heterocycles. The molecule has 172 valence electrons. The molecule has 2 aromatic carbocycles. The molecule has 0 bridgehead atoms. The fourth-order valence-corrected chi connectivity index (χ4v) is 4.01. The molecule has 1 atom stereocenters. The van der Waals surface area contributed by atoms with Gasteiger partial charge in [-0.3, -0.25) is 4.90 Å². The van der Waals surface area contributed by atoms with E-state index in [1.165, 1.54) is 22.1 Å². The molecule has 1 aliphatic rings. The molecule has 6 nitrogen and oxygen atoms in total. The zero-order valence-electron chi connectivity index (χ0n) is 18.4. The molecule has 0 saturated carbocycles. The van der Waals surface area contributed by atoms with E-state index in [0.29, 0.717) is 19.4 Å². The van der Waals surface area contributed by atoms with Crippen LogP contribution in [0.4, 0.5) is 4.79 Å². The van der Waals surface area contributed by atoms with Gasteiger partial charge in [0.25, 0.3) is 0 Å². The van der Waals surface area contributed by atoms with Gasteiger partial charge in [0.2, 0.25) is 0 Å². The third kappa shape index (κ3) is 5.69. The number of likely N-dealkylation sites (N-methyl/N-ethyl adjacent to an activating group) is 1. The quantitative estimate of drug-likeness (QED) is 0.321. The number of rotatable bonds is 10. The van der Waals surface area contributed by atoms with Crippen molar-refractivity contribution in [2.24, 2.45) is 5.73 Å². The van der Waals surface area contributed by atoms with E-state index in [4.69, 9.17) is 15.2 Å². The Morgan fingerprint density at radius 2 is 1.66 bits per heavy atom. The number of fused-ring (bicyclic) bond motifs is 3. The predicted molar refractivity (Wildman–Crippen MR) is 128 cm³/mol. The van der Waals surface area contributed by atoms with Gasteiger partial charge in [-0.15, -0.1) is 12.4 Å². The van der Waals surface area contributed by atoms with Gasteiger partial charge in [0.15, 0.2) is 0 Å². The Morgan fingerprint density at radius 3 is 2.22 bits per heavy atom. The summed E-state index contributed by atoms with van der Waals surface area (Å²) in [6.45, 7) is 4.39. The molecule has 0 fully saturated rings. The van der Waals surface area contributed by atoms with Crippen molar-refractivity contribution in [3.8, 4) is 11.1 Å². The van der Waals surface area contributed by atoms with Gasteiger partial charge in [-0.1, -0.05) is 61.2 Å². The molecular formula is C25H31ClN2O4. The molecule has 7 heteroatoms. The zero-order chi connectivity index (χ0) is 22.2. The van der Waals surface area contributed by atoms with Gasteiger partial charge in [-0.25, -0.2) is 9.59 Å². The second kappa shape index (κ2) is 12.3. The number of ether oxygens (including phenoxy) is 2. The summed E-state index contributed by atoms with van der Waals surface area (Å²) in [5.41, 5.74) is 10.2. The van der Waals surface area contributed by atoms with Crippen molar-refractivity contribution in [2.45, 2.75) is 31.2 Å². The normalized spacial score (nSPS) is 12.7. The number of hydrogen-bond donors (Lipinski definition) is 1. The highest BCUT2D eigenvalue weighted by Gasteiger charge is 2.32. The van der Waals surface area contributed by atoms with Crippen molar-refractivity contribution in [2.75, 3.05) is 26.8 Å². The Bertz CT molecular complexity index is 888. The number of nitrogens with two attached hydrogens (primary N) is 1. The second-order valence-electron chi connectivity index (χ2n) is 7.63. The van der Waals surface area contributed by atoms with Crippen molar-refractivity contribution >= 4 is 24.5 Å². The number of carbonyl (C=O) groups is 2. The van der Waals surface area contributed by atoms with E-state index in [1.54, 1.807) is 7.05 Å². The van der Waals surface area contributed by atoms with E-state index in [2.05, 4.69) is 30.8 Å². The molecule has 32 heavy (non-hydrogen) atoms. The predicted octanol–water partition coefficient (Wildman–Crippen LogP) is 4.52. The summed E-state index contributed by atoms with van der Waals surface area (Å²) >= 11 is 0. The average molecular weight is 459 g/mol. The van der Waals surface area contributed by atoms with Crippen LogP contribution in [0.3, 0.4) is 0 Å². The lowest BCUT2D eigenvalue weighted by molar-refractivity contribution is -0.148. The number of carbonyl (C=O) groups excluding carboxylic acids is 2. The lowest BCUT2D eigenvalue weighted by Gasteiger charge is -2.26. The van der Waals surface area contributed by atoms with Crippen LogP contribution in [0, 0.1) is 0 Å². The molecule has 2 aromatic rings. The number of esters is 1. The monoisotopic (exact) mass is 458 g/mol. The number of benzene rings is 2. The molecular weight excluding hydrogens is 428 g/mol. The lowest BCUT2D eigenvalue weighted by Crippen LogP contribution is -2.44. The van der Waals surface area contributed by atoms with Gasteiger partial charge < -0.3 is 15.2 Å². The Labute approximate surface area is 195 Å². The first-order chi connectivity index (χ1) is 15.1. The maximum Gasteiger partial charge on any atom is 0.410 e. The summed E-state index contributed by atoms with van der Waals surface area (Å²) in [6.07, 6.45) is 2.90. The average Bonchev–Trinajstić information content (AvgIpc) is 3.12. The number of unbranched alkanes of at least 4 members (excludes halogenated alkanes) is 1.